The average molecular weight is 300 g/mol. The second-order valence-corrected chi connectivity index (χ2v) is 4.73. The largest absolute Gasteiger partial charge is 0.494 e. The molecule has 0 N–H and O–H groups in total. The molecule has 0 unspecified atom stereocenters. The molecule has 116 valence electrons. The van der Waals surface area contributed by atoms with Crippen LogP contribution < -0.4 is 4.74 Å². The average Bonchev–Trinajstić information content (AvgIpc) is 2.42. The molecule has 0 aliphatic heterocycles. The zero-order valence-electron chi connectivity index (χ0n) is 12.0. The van der Waals surface area contributed by atoms with Gasteiger partial charge < -0.3 is 4.74 Å². The van der Waals surface area contributed by atoms with Gasteiger partial charge in [-0.1, -0.05) is 13.0 Å². The van der Waals surface area contributed by atoms with Crippen LogP contribution in [-0.2, 0) is 0 Å². The Hall–Kier alpha value is -1.74. The molecule has 6 heteroatoms. The van der Waals surface area contributed by atoms with E-state index in [2.05, 4.69) is 0 Å². The first-order valence-electron chi connectivity index (χ1n) is 6.86. The first kappa shape index (κ1) is 17.3. The number of nitriles is 1. The van der Waals surface area contributed by atoms with Crippen molar-refractivity contribution < 1.29 is 17.9 Å². The van der Waals surface area contributed by atoms with E-state index in [1.165, 1.54) is 4.90 Å². The van der Waals surface area contributed by atoms with E-state index in [1.54, 1.807) is 24.3 Å². The van der Waals surface area contributed by atoms with Crippen LogP contribution in [0.3, 0.4) is 0 Å². The molecule has 0 radical (unpaired) electrons. The molecule has 21 heavy (non-hydrogen) atoms. The van der Waals surface area contributed by atoms with Crippen LogP contribution in [0.2, 0.25) is 0 Å². The zero-order chi connectivity index (χ0) is 15.7. The Balaban J connectivity index is 2.35. The minimum absolute atomic E-state index is 0.326. The normalized spacial score (nSPS) is 11.4. The highest BCUT2D eigenvalue weighted by molar-refractivity contribution is 5.36. The van der Waals surface area contributed by atoms with Crippen molar-refractivity contribution in [2.24, 2.45) is 0 Å². The third-order valence-electron chi connectivity index (χ3n) is 2.79. The van der Waals surface area contributed by atoms with E-state index in [-0.39, 0.29) is 0 Å². The third kappa shape index (κ3) is 7.57. The number of ether oxygens (including phenoxy) is 1. The molecule has 0 bridgehead atoms. The first-order chi connectivity index (χ1) is 9.94. The van der Waals surface area contributed by atoms with E-state index in [0.717, 1.165) is 0 Å². The zero-order valence-corrected chi connectivity index (χ0v) is 12.0. The molecule has 3 nitrogen and oxygen atoms in total. The third-order valence-corrected chi connectivity index (χ3v) is 2.79. The number of benzene rings is 1. The molecular formula is C15H19F3N2O. The van der Waals surface area contributed by atoms with Gasteiger partial charge in [0.2, 0.25) is 0 Å². The molecule has 0 heterocycles. The molecule has 0 fully saturated rings. The van der Waals surface area contributed by atoms with E-state index in [4.69, 9.17) is 10.00 Å². The van der Waals surface area contributed by atoms with Gasteiger partial charge in [-0.2, -0.15) is 18.4 Å². The SMILES string of the molecule is CCCN(CCCOc1cccc(C#N)c1)CC(F)(F)F. The predicted molar refractivity (Wildman–Crippen MR) is 74.1 cm³/mol. The molecule has 0 aliphatic carbocycles. The molecule has 0 saturated heterocycles. The van der Waals surface area contributed by atoms with E-state index in [1.807, 2.05) is 13.0 Å². The fourth-order valence-corrected chi connectivity index (χ4v) is 1.97. The fourth-order valence-electron chi connectivity index (χ4n) is 1.97. The Morgan fingerprint density at radius 2 is 2.05 bits per heavy atom. The van der Waals surface area contributed by atoms with Crippen LogP contribution in [-0.4, -0.2) is 37.3 Å². The number of nitrogens with zero attached hydrogens (tertiary/aromatic N) is 2. The lowest BCUT2D eigenvalue weighted by molar-refractivity contribution is -0.146. The van der Waals surface area contributed by atoms with E-state index < -0.39 is 12.7 Å². The van der Waals surface area contributed by atoms with Gasteiger partial charge in [0.15, 0.2) is 0 Å². The molecule has 1 aromatic carbocycles. The van der Waals surface area contributed by atoms with Crippen molar-refractivity contribution in [2.75, 3.05) is 26.2 Å². The van der Waals surface area contributed by atoms with Crippen molar-refractivity contribution in [3.63, 3.8) is 0 Å². The Labute approximate surface area is 122 Å². The topological polar surface area (TPSA) is 36.3 Å². The Morgan fingerprint density at radius 3 is 2.67 bits per heavy atom. The maximum absolute atomic E-state index is 12.4. The summed E-state index contributed by atoms with van der Waals surface area (Å²) < 4.78 is 42.6. The molecule has 1 rings (SSSR count). The second kappa shape index (κ2) is 8.53. The summed E-state index contributed by atoms with van der Waals surface area (Å²) in [6, 6.07) is 8.71. The summed E-state index contributed by atoms with van der Waals surface area (Å²) in [5.41, 5.74) is 0.497. The van der Waals surface area contributed by atoms with Gasteiger partial charge in [-0.15, -0.1) is 0 Å². The number of halogens is 3. The monoisotopic (exact) mass is 300 g/mol. The van der Waals surface area contributed by atoms with Crippen LogP contribution in [0, 0.1) is 11.3 Å². The lowest BCUT2D eigenvalue weighted by atomic mass is 10.2. The highest BCUT2D eigenvalue weighted by Gasteiger charge is 2.29. The van der Waals surface area contributed by atoms with Crippen molar-refractivity contribution in [1.82, 2.24) is 4.90 Å². The Bertz CT molecular complexity index is 469. The summed E-state index contributed by atoms with van der Waals surface area (Å²) in [7, 11) is 0. The first-order valence-corrected chi connectivity index (χ1v) is 6.86. The van der Waals surface area contributed by atoms with Crippen LogP contribution >= 0.6 is 0 Å². The molecule has 0 aliphatic rings. The number of alkyl halides is 3. The van der Waals surface area contributed by atoms with Gasteiger partial charge in [-0.3, -0.25) is 4.90 Å². The van der Waals surface area contributed by atoms with Gasteiger partial charge in [0.1, 0.15) is 5.75 Å². The summed E-state index contributed by atoms with van der Waals surface area (Å²) in [5.74, 6) is 0.562. The van der Waals surface area contributed by atoms with E-state index in [9.17, 15) is 13.2 Å². The maximum Gasteiger partial charge on any atom is 0.401 e. The molecule has 0 spiro atoms. The van der Waals surface area contributed by atoms with Crippen LogP contribution in [0.1, 0.15) is 25.3 Å². The van der Waals surface area contributed by atoms with Gasteiger partial charge in [-0.05, 0) is 37.6 Å². The Morgan fingerprint density at radius 1 is 1.29 bits per heavy atom. The molecule has 0 aromatic heterocycles. The van der Waals surface area contributed by atoms with Gasteiger partial charge in [-0.25, -0.2) is 0 Å². The predicted octanol–water partition coefficient (Wildman–Crippen LogP) is 3.60. The van der Waals surface area contributed by atoms with Gasteiger partial charge >= 0.3 is 6.18 Å². The summed E-state index contributed by atoms with van der Waals surface area (Å²) >= 11 is 0. The fraction of sp³-hybridized carbons (Fsp3) is 0.533. The summed E-state index contributed by atoms with van der Waals surface area (Å²) in [6.45, 7) is 2.06. The van der Waals surface area contributed by atoms with Crippen LogP contribution in [0.4, 0.5) is 13.2 Å². The highest BCUT2D eigenvalue weighted by atomic mass is 19.4. The van der Waals surface area contributed by atoms with Crippen molar-refractivity contribution in [3.8, 4) is 11.8 Å². The minimum Gasteiger partial charge on any atom is -0.494 e. The van der Waals surface area contributed by atoms with Gasteiger partial charge in [0, 0.05) is 6.54 Å². The molecule has 0 saturated carbocycles. The summed E-state index contributed by atoms with van der Waals surface area (Å²) in [5, 5.41) is 8.75. The van der Waals surface area contributed by atoms with Crippen molar-refractivity contribution in [2.45, 2.75) is 25.9 Å². The van der Waals surface area contributed by atoms with Crippen LogP contribution in [0.25, 0.3) is 0 Å². The van der Waals surface area contributed by atoms with Crippen molar-refractivity contribution >= 4 is 0 Å². The lowest BCUT2D eigenvalue weighted by Crippen LogP contribution is -2.36. The molecular weight excluding hydrogens is 281 g/mol. The molecule has 1 aromatic rings. The second-order valence-electron chi connectivity index (χ2n) is 4.73. The van der Waals surface area contributed by atoms with Crippen LogP contribution in [0.15, 0.2) is 24.3 Å². The van der Waals surface area contributed by atoms with E-state index in [0.29, 0.717) is 43.9 Å². The standard InChI is InChI=1S/C15H19F3N2O/c1-2-7-20(12-15(16,17)18)8-4-9-21-14-6-3-5-13(10-14)11-19/h3,5-6,10H,2,4,7-9,12H2,1H3. The number of hydrogen-bond acceptors (Lipinski definition) is 3. The molecule has 0 atom stereocenters. The smallest absolute Gasteiger partial charge is 0.401 e. The van der Waals surface area contributed by atoms with Crippen molar-refractivity contribution in [3.05, 3.63) is 29.8 Å². The summed E-state index contributed by atoms with van der Waals surface area (Å²) in [6.07, 6.45) is -2.98. The quantitative estimate of drug-likeness (QED) is 0.688. The number of rotatable bonds is 8. The van der Waals surface area contributed by atoms with E-state index >= 15 is 0 Å². The van der Waals surface area contributed by atoms with Crippen molar-refractivity contribution in [1.29, 1.82) is 5.26 Å². The number of hydrogen-bond donors (Lipinski definition) is 0. The lowest BCUT2D eigenvalue weighted by Gasteiger charge is -2.22. The minimum atomic E-state index is -4.17. The van der Waals surface area contributed by atoms with Crippen LogP contribution in [0.5, 0.6) is 5.75 Å². The molecule has 0 amide bonds. The maximum atomic E-state index is 12.4. The van der Waals surface area contributed by atoms with Gasteiger partial charge in [0.05, 0.1) is 24.8 Å². The van der Waals surface area contributed by atoms with Gasteiger partial charge in [0.25, 0.3) is 0 Å². The highest BCUT2D eigenvalue weighted by Crippen LogP contribution is 2.17. The Kier molecular flexibility index (Phi) is 7.03. The summed E-state index contributed by atoms with van der Waals surface area (Å²) in [4.78, 5) is 1.38.